The quantitative estimate of drug-likeness (QED) is 0.648. The molecule has 0 aliphatic carbocycles. The van der Waals surface area contributed by atoms with E-state index in [1.165, 1.54) is 27.0 Å². The number of para-hydroxylation sites is 1. The van der Waals surface area contributed by atoms with E-state index in [4.69, 9.17) is 14.2 Å². The number of hydrogen-bond donors (Lipinski definition) is 1. The van der Waals surface area contributed by atoms with Gasteiger partial charge in [0.25, 0.3) is 5.91 Å². The first-order valence-corrected chi connectivity index (χ1v) is 9.02. The summed E-state index contributed by atoms with van der Waals surface area (Å²) in [4.78, 5) is 14.8. The normalized spacial score (nSPS) is 10.2. The summed E-state index contributed by atoms with van der Waals surface area (Å²) in [7, 11) is 4.59. The largest absolute Gasteiger partial charge is 0.493 e. The molecule has 0 aromatic heterocycles. The lowest BCUT2D eigenvalue weighted by atomic mass is 10.1. The number of hydrogen-bond acceptors (Lipinski definition) is 5. The van der Waals surface area contributed by atoms with Crippen LogP contribution in [-0.2, 0) is 0 Å². The maximum absolute atomic E-state index is 12.5. The van der Waals surface area contributed by atoms with Gasteiger partial charge in [0.2, 0.25) is 5.75 Å². The molecule has 0 aliphatic heterocycles. The molecular weight excluding hydrogens is 344 g/mol. The molecule has 2 aromatic carbocycles. The van der Waals surface area contributed by atoms with Crippen LogP contribution in [0.25, 0.3) is 0 Å². The Kier molecular flexibility index (Phi) is 7.79. The van der Waals surface area contributed by atoms with Gasteiger partial charge < -0.3 is 24.4 Å². The van der Waals surface area contributed by atoms with Crippen LogP contribution in [0.3, 0.4) is 0 Å². The molecule has 0 unspecified atom stereocenters. The van der Waals surface area contributed by atoms with Crippen LogP contribution in [0.5, 0.6) is 17.2 Å². The molecule has 1 N–H and O–H groups in total. The summed E-state index contributed by atoms with van der Waals surface area (Å²) in [5.74, 6) is 1.22. The van der Waals surface area contributed by atoms with E-state index >= 15 is 0 Å². The van der Waals surface area contributed by atoms with Crippen LogP contribution >= 0.6 is 0 Å². The minimum absolute atomic E-state index is 0.169. The zero-order valence-electron chi connectivity index (χ0n) is 16.5. The van der Waals surface area contributed by atoms with Crippen molar-refractivity contribution in [2.75, 3.05) is 45.9 Å². The minimum atomic E-state index is -0.169. The third-order valence-corrected chi connectivity index (χ3v) is 4.32. The molecule has 0 fully saturated rings. The van der Waals surface area contributed by atoms with Crippen molar-refractivity contribution in [3.63, 3.8) is 0 Å². The zero-order valence-corrected chi connectivity index (χ0v) is 16.5. The van der Waals surface area contributed by atoms with Crippen LogP contribution in [0.2, 0.25) is 0 Å². The van der Waals surface area contributed by atoms with Gasteiger partial charge in [0.1, 0.15) is 0 Å². The minimum Gasteiger partial charge on any atom is -0.493 e. The Balaban J connectivity index is 1.94. The van der Waals surface area contributed by atoms with Crippen molar-refractivity contribution in [3.8, 4) is 17.2 Å². The summed E-state index contributed by atoms with van der Waals surface area (Å²) >= 11 is 0. The van der Waals surface area contributed by atoms with E-state index in [0.717, 1.165) is 19.5 Å². The van der Waals surface area contributed by atoms with Gasteiger partial charge in [-0.1, -0.05) is 18.2 Å². The van der Waals surface area contributed by atoms with E-state index < -0.39 is 0 Å². The van der Waals surface area contributed by atoms with Gasteiger partial charge in [-0.25, -0.2) is 0 Å². The Hall–Kier alpha value is -2.89. The maximum Gasteiger partial charge on any atom is 0.251 e. The molecule has 2 rings (SSSR count). The summed E-state index contributed by atoms with van der Waals surface area (Å²) in [6.45, 7) is 4.50. The Bertz CT molecular complexity index is 709. The number of ether oxygens (including phenoxy) is 3. The number of carbonyl (C=O) groups is 1. The number of rotatable bonds is 10. The zero-order chi connectivity index (χ0) is 19.6. The molecule has 0 saturated heterocycles. The monoisotopic (exact) mass is 372 g/mol. The second-order valence-corrected chi connectivity index (χ2v) is 5.94. The van der Waals surface area contributed by atoms with Crippen molar-refractivity contribution in [1.29, 1.82) is 0 Å². The average Bonchev–Trinajstić information content (AvgIpc) is 2.73. The van der Waals surface area contributed by atoms with Gasteiger partial charge in [0.05, 0.1) is 21.3 Å². The van der Waals surface area contributed by atoms with Gasteiger partial charge in [-0.15, -0.1) is 0 Å². The summed E-state index contributed by atoms with van der Waals surface area (Å²) in [6, 6.07) is 13.6. The maximum atomic E-state index is 12.5. The average molecular weight is 372 g/mol. The number of nitrogens with zero attached hydrogens (tertiary/aromatic N) is 1. The molecule has 6 heteroatoms. The summed E-state index contributed by atoms with van der Waals surface area (Å²) in [6.07, 6.45) is 0.846. The van der Waals surface area contributed by atoms with Gasteiger partial charge in [0, 0.05) is 30.9 Å². The topological polar surface area (TPSA) is 60.0 Å². The number of amides is 1. The molecule has 0 heterocycles. The first-order chi connectivity index (χ1) is 13.1. The third kappa shape index (κ3) is 5.29. The summed E-state index contributed by atoms with van der Waals surface area (Å²) in [5, 5.41) is 2.95. The van der Waals surface area contributed by atoms with Gasteiger partial charge in [-0.3, -0.25) is 4.79 Å². The van der Waals surface area contributed by atoms with Crippen molar-refractivity contribution >= 4 is 11.6 Å². The lowest BCUT2D eigenvalue weighted by molar-refractivity contribution is 0.0952. The molecule has 27 heavy (non-hydrogen) atoms. The SMILES string of the molecule is CCN(CCCNC(=O)c1cc(OC)c(OC)c(OC)c1)c1ccccc1. The van der Waals surface area contributed by atoms with Gasteiger partial charge in [0.15, 0.2) is 11.5 Å². The highest BCUT2D eigenvalue weighted by molar-refractivity contribution is 5.95. The summed E-state index contributed by atoms with van der Waals surface area (Å²) < 4.78 is 15.9. The molecule has 0 bridgehead atoms. The van der Waals surface area contributed by atoms with E-state index in [9.17, 15) is 4.79 Å². The highest BCUT2D eigenvalue weighted by atomic mass is 16.5. The van der Waals surface area contributed by atoms with Gasteiger partial charge in [-0.05, 0) is 37.6 Å². The predicted octanol–water partition coefficient (Wildman–Crippen LogP) is 3.36. The molecular formula is C21H28N2O4. The Labute approximate surface area is 161 Å². The van der Waals surface area contributed by atoms with Gasteiger partial charge >= 0.3 is 0 Å². The highest BCUT2D eigenvalue weighted by Crippen LogP contribution is 2.38. The van der Waals surface area contributed by atoms with Crippen molar-refractivity contribution in [2.24, 2.45) is 0 Å². The van der Waals surface area contributed by atoms with Crippen LogP contribution in [0, 0.1) is 0 Å². The van der Waals surface area contributed by atoms with E-state index in [1.807, 2.05) is 18.2 Å². The van der Waals surface area contributed by atoms with Crippen LogP contribution in [-0.4, -0.2) is 46.9 Å². The van der Waals surface area contributed by atoms with Crippen molar-refractivity contribution in [1.82, 2.24) is 5.32 Å². The van der Waals surface area contributed by atoms with E-state index in [-0.39, 0.29) is 5.91 Å². The molecule has 0 spiro atoms. The van der Waals surface area contributed by atoms with Crippen LogP contribution in [0.1, 0.15) is 23.7 Å². The number of carbonyl (C=O) groups excluding carboxylic acids is 1. The number of methoxy groups -OCH3 is 3. The second kappa shape index (κ2) is 10.3. The number of anilines is 1. The molecule has 1 amide bonds. The standard InChI is InChI=1S/C21H28N2O4/c1-5-23(17-10-7-6-8-11-17)13-9-12-22-21(24)16-14-18(25-2)20(27-4)19(15-16)26-3/h6-8,10-11,14-15H,5,9,12-13H2,1-4H3,(H,22,24). The van der Waals surface area contributed by atoms with E-state index in [1.54, 1.807) is 12.1 Å². The van der Waals surface area contributed by atoms with Crippen molar-refractivity contribution in [3.05, 3.63) is 48.0 Å². The highest BCUT2D eigenvalue weighted by Gasteiger charge is 2.16. The molecule has 6 nitrogen and oxygen atoms in total. The van der Waals surface area contributed by atoms with Crippen molar-refractivity contribution in [2.45, 2.75) is 13.3 Å². The Morgan fingerprint density at radius 3 is 2.15 bits per heavy atom. The molecule has 0 saturated carbocycles. The lowest BCUT2D eigenvalue weighted by Gasteiger charge is -2.23. The van der Waals surface area contributed by atoms with Crippen LogP contribution < -0.4 is 24.4 Å². The fourth-order valence-electron chi connectivity index (χ4n) is 2.89. The molecule has 0 atom stereocenters. The lowest BCUT2D eigenvalue weighted by Crippen LogP contribution is -2.30. The van der Waals surface area contributed by atoms with Gasteiger partial charge in [-0.2, -0.15) is 0 Å². The second-order valence-electron chi connectivity index (χ2n) is 5.94. The van der Waals surface area contributed by atoms with Crippen LogP contribution in [0.15, 0.2) is 42.5 Å². The van der Waals surface area contributed by atoms with Crippen LogP contribution in [0.4, 0.5) is 5.69 Å². The predicted molar refractivity (Wildman–Crippen MR) is 107 cm³/mol. The fraction of sp³-hybridized carbons (Fsp3) is 0.381. The Morgan fingerprint density at radius 2 is 1.63 bits per heavy atom. The van der Waals surface area contributed by atoms with E-state index in [0.29, 0.717) is 29.4 Å². The first-order valence-electron chi connectivity index (χ1n) is 9.02. The molecule has 0 radical (unpaired) electrons. The Morgan fingerprint density at radius 1 is 1.00 bits per heavy atom. The smallest absolute Gasteiger partial charge is 0.251 e. The third-order valence-electron chi connectivity index (χ3n) is 4.32. The molecule has 146 valence electrons. The summed E-state index contributed by atoms with van der Waals surface area (Å²) in [5.41, 5.74) is 1.66. The molecule has 2 aromatic rings. The first kappa shape index (κ1) is 20.4. The number of nitrogens with one attached hydrogen (secondary N) is 1. The van der Waals surface area contributed by atoms with Crippen molar-refractivity contribution < 1.29 is 19.0 Å². The fourth-order valence-corrected chi connectivity index (χ4v) is 2.89. The molecule has 0 aliphatic rings. The van der Waals surface area contributed by atoms with E-state index in [2.05, 4.69) is 29.3 Å². The number of benzene rings is 2.